The van der Waals surface area contributed by atoms with Crippen molar-refractivity contribution >= 4 is 0 Å². The number of hydrogen-bond acceptors (Lipinski definition) is 2. The van der Waals surface area contributed by atoms with E-state index in [1.807, 2.05) is 6.92 Å². The molecule has 2 nitrogen and oxygen atoms in total. The standard InChI is InChI=1S/C14H24F3NO/c1-10(2)13(14(15,16)17)4-6-18(7-5-13)12-8-11(3)19-9-12/h10-12H,4-9H2,1-3H3. The number of hydrogen-bond donors (Lipinski definition) is 0. The minimum absolute atomic E-state index is 0.221. The Morgan fingerprint density at radius 3 is 2.16 bits per heavy atom. The number of piperidine rings is 1. The third-order valence-electron chi connectivity index (χ3n) is 5.05. The number of alkyl halides is 3. The summed E-state index contributed by atoms with van der Waals surface area (Å²) in [6.07, 6.45) is -2.46. The molecule has 0 amide bonds. The first-order valence-electron chi connectivity index (χ1n) is 7.18. The Hall–Kier alpha value is -0.290. The minimum atomic E-state index is -4.09. The molecule has 19 heavy (non-hydrogen) atoms. The summed E-state index contributed by atoms with van der Waals surface area (Å²) in [5.74, 6) is -0.353. The van der Waals surface area contributed by atoms with Gasteiger partial charge in [-0.25, -0.2) is 0 Å². The van der Waals surface area contributed by atoms with Gasteiger partial charge in [-0.15, -0.1) is 0 Å². The monoisotopic (exact) mass is 279 g/mol. The maximum atomic E-state index is 13.4. The van der Waals surface area contributed by atoms with Crippen molar-refractivity contribution in [3.8, 4) is 0 Å². The third kappa shape index (κ3) is 2.77. The number of halogens is 3. The van der Waals surface area contributed by atoms with Gasteiger partial charge in [0.1, 0.15) is 0 Å². The first-order chi connectivity index (χ1) is 8.76. The maximum absolute atomic E-state index is 13.4. The molecule has 2 unspecified atom stereocenters. The Morgan fingerprint density at radius 1 is 1.21 bits per heavy atom. The fraction of sp³-hybridized carbons (Fsp3) is 1.00. The molecule has 2 saturated heterocycles. The normalized spacial score (nSPS) is 33.0. The molecule has 0 aromatic carbocycles. The average Bonchev–Trinajstić information content (AvgIpc) is 2.74. The predicted octanol–water partition coefficient (Wildman–Crippen LogP) is 3.46. The largest absolute Gasteiger partial charge is 0.394 e. The molecule has 0 N–H and O–H groups in total. The fourth-order valence-corrected chi connectivity index (χ4v) is 3.53. The molecular formula is C14H24F3NO. The summed E-state index contributed by atoms with van der Waals surface area (Å²) in [5.41, 5.74) is -1.49. The van der Waals surface area contributed by atoms with Gasteiger partial charge in [-0.2, -0.15) is 13.2 Å². The molecule has 2 aliphatic heterocycles. The van der Waals surface area contributed by atoms with Crippen molar-refractivity contribution < 1.29 is 17.9 Å². The summed E-state index contributed by atoms with van der Waals surface area (Å²) in [6.45, 7) is 7.17. The van der Waals surface area contributed by atoms with Crippen molar-refractivity contribution in [2.24, 2.45) is 11.3 Å². The number of likely N-dealkylation sites (tertiary alicyclic amines) is 1. The van der Waals surface area contributed by atoms with Gasteiger partial charge in [-0.1, -0.05) is 13.8 Å². The fourth-order valence-electron chi connectivity index (χ4n) is 3.53. The lowest BCUT2D eigenvalue weighted by atomic mass is 9.69. The van der Waals surface area contributed by atoms with E-state index in [0.29, 0.717) is 25.7 Å². The molecule has 0 saturated carbocycles. The zero-order chi connectivity index (χ0) is 14.3. The lowest BCUT2D eigenvalue weighted by Gasteiger charge is -2.46. The van der Waals surface area contributed by atoms with Crippen molar-refractivity contribution in [1.29, 1.82) is 0 Å². The van der Waals surface area contributed by atoms with Crippen molar-refractivity contribution in [3.63, 3.8) is 0 Å². The molecule has 2 atom stereocenters. The van der Waals surface area contributed by atoms with E-state index in [0.717, 1.165) is 6.42 Å². The molecule has 0 aromatic rings. The Kier molecular flexibility index (Phi) is 4.17. The van der Waals surface area contributed by atoms with Crippen LogP contribution in [-0.2, 0) is 4.74 Å². The molecule has 0 spiro atoms. The molecule has 0 aliphatic carbocycles. The van der Waals surface area contributed by atoms with Crippen molar-refractivity contribution in [1.82, 2.24) is 4.90 Å². The van der Waals surface area contributed by atoms with Crippen LogP contribution in [0.3, 0.4) is 0 Å². The van der Waals surface area contributed by atoms with Crippen LogP contribution < -0.4 is 0 Å². The van der Waals surface area contributed by atoms with Crippen LogP contribution >= 0.6 is 0 Å². The molecule has 5 heteroatoms. The molecule has 2 fully saturated rings. The van der Waals surface area contributed by atoms with Gasteiger partial charge in [-0.3, -0.25) is 4.90 Å². The van der Waals surface area contributed by atoms with Crippen LogP contribution in [0.2, 0.25) is 0 Å². The summed E-state index contributed by atoms with van der Waals surface area (Å²) < 4.78 is 45.6. The van der Waals surface area contributed by atoms with Crippen LogP contribution in [0.5, 0.6) is 0 Å². The van der Waals surface area contributed by atoms with Gasteiger partial charge in [0, 0.05) is 6.04 Å². The number of nitrogens with zero attached hydrogens (tertiary/aromatic N) is 1. The van der Waals surface area contributed by atoms with E-state index in [1.165, 1.54) is 0 Å². The highest BCUT2D eigenvalue weighted by molar-refractivity contribution is 4.95. The lowest BCUT2D eigenvalue weighted by Crippen LogP contribution is -2.53. The van der Waals surface area contributed by atoms with Gasteiger partial charge in [0.05, 0.1) is 18.1 Å². The van der Waals surface area contributed by atoms with Crippen LogP contribution in [0.25, 0.3) is 0 Å². The van der Waals surface area contributed by atoms with Gasteiger partial charge in [0.15, 0.2) is 0 Å². The van der Waals surface area contributed by atoms with Gasteiger partial charge in [0.25, 0.3) is 0 Å². The third-order valence-corrected chi connectivity index (χ3v) is 5.05. The quantitative estimate of drug-likeness (QED) is 0.767. The molecule has 2 aliphatic rings. The van der Waals surface area contributed by atoms with Crippen molar-refractivity contribution in [2.45, 2.75) is 58.4 Å². The molecule has 0 aromatic heterocycles. The minimum Gasteiger partial charge on any atom is -0.377 e. The summed E-state index contributed by atoms with van der Waals surface area (Å²) >= 11 is 0. The van der Waals surface area contributed by atoms with E-state index >= 15 is 0 Å². The second-order valence-corrected chi connectivity index (χ2v) is 6.38. The van der Waals surface area contributed by atoms with Gasteiger partial charge < -0.3 is 4.74 Å². The van der Waals surface area contributed by atoms with E-state index in [-0.39, 0.29) is 24.9 Å². The van der Waals surface area contributed by atoms with E-state index in [1.54, 1.807) is 13.8 Å². The zero-order valence-corrected chi connectivity index (χ0v) is 12.0. The van der Waals surface area contributed by atoms with Crippen LogP contribution in [0.4, 0.5) is 13.2 Å². The average molecular weight is 279 g/mol. The Labute approximate surface area is 113 Å². The Balaban J connectivity index is 2.00. The Bertz CT molecular complexity index is 308. The summed E-state index contributed by atoms with van der Waals surface area (Å²) in [7, 11) is 0. The summed E-state index contributed by atoms with van der Waals surface area (Å²) in [5, 5.41) is 0. The second kappa shape index (κ2) is 5.24. The molecular weight excluding hydrogens is 255 g/mol. The number of rotatable bonds is 2. The van der Waals surface area contributed by atoms with Crippen molar-refractivity contribution in [2.75, 3.05) is 19.7 Å². The highest BCUT2D eigenvalue weighted by atomic mass is 19.4. The Morgan fingerprint density at radius 2 is 1.79 bits per heavy atom. The van der Waals surface area contributed by atoms with Crippen molar-refractivity contribution in [3.05, 3.63) is 0 Å². The lowest BCUT2D eigenvalue weighted by molar-refractivity contribution is -0.254. The summed E-state index contributed by atoms with van der Waals surface area (Å²) in [4.78, 5) is 2.19. The van der Waals surface area contributed by atoms with E-state index in [9.17, 15) is 13.2 Å². The number of ether oxygens (including phenoxy) is 1. The van der Waals surface area contributed by atoms with E-state index < -0.39 is 11.6 Å². The SMILES string of the molecule is CC1CC(N2CCC(C(C)C)(C(F)(F)F)CC2)CO1. The molecule has 0 bridgehead atoms. The smallest absolute Gasteiger partial charge is 0.377 e. The molecule has 0 radical (unpaired) electrons. The van der Waals surface area contributed by atoms with E-state index in [2.05, 4.69) is 4.90 Å². The van der Waals surface area contributed by atoms with Crippen LogP contribution in [0.15, 0.2) is 0 Å². The summed E-state index contributed by atoms with van der Waals surface area (Å²) in [6, 6.07) is 0.313. The molecule has 112 valence electrons. The van der Waals surface area contributed by atoms with Gasteiger partial charge in [-0.05, 0) is 45.2 Å². The topological polar surface area (TPSA) is 12.5 Å². The van der Waals surface area contributed by atoms with Crippen LogP contribution in [-0.4, -0.2) is 42.9 Å². The first kappa shape index (κ1) is 15.1. The molecule has 2 heterocycles. The second-order valence-electron chi connectivity index (χ2n) is 6.38. The maximum Gasteiger partial charge on any atom is 0.394 e. The van der Waals surface area contributed by atoms with Crippen LogP contribution in [0, 0.1) is 11.3 Å². The first-order valence-corrected chi connectivity index (χ1v) is 7.18. The molecule has 2 rings (SSSR count). The van der Waals surface area contributed by atoms with Crippen LogP contribution in [0.1, 0.15) is 40.0 Å². The highest BCUT2D eigenvalue weighted by Gasteiger charge is 2.57. The van der Waals surface area contributed by atoms with E-state index in [4.69, 9.17) is 4.74 Å². The zero-order valence-electron chi connectivity index (χ0n) is 12.0. The van der Waals surface area contributed by atoms with Gasteiger partial charge >= 0.3 is 6.18 Å². The highest BCUT2D eigenvalue weighted by Crippen LogP contribution is 2.51. The predicted molar refractivity (Wildman–Crippen MR) is 68.0 cm³/mol. The van der Waals surface area contributed by atoms with Gasteiger partial charge in [0.2, 0.25) is 0 Å².